The lowest BCUT2D eigenvalue weighted by molar-refractivity contribution is -0.151. The van der Waals surface area contributed by atoms with Gasteiger partial charge in [0, 0.05) is 25.4 Å². The third-order valence-electron chi connectivity index (χ3n) is 6.05. The Labute approximate surface area is 162 Å². The van der Waals surface area contributed by atoms with E-state index in [1.165, 1.54) is 6.26 Å². The van der Waals surface area contributed by atoms with Crippen LogP contribution in [-0.2, 0) is 14.8 Å². The van der Waals surface area contributed by atoms with E-state index >= 15 is 0 Å². The molecule has 1 aliphatic heterocycles. The lowest BCUT2D eigenvalue weighted by Gasteiger charge is -2.56. The molecule has 150 valence electrons. The van der Waals surface area contributed by atoms with Crippen molar-refractivity contribution in [2.45, 2.75) is 50.6 Å². The number of carbonyl (C=O) groups is 1. The second kappa shape index (κ2) is 8.29. The molecule has 27 heavy (non-hydrogen) atoms. The van der Waals surface area contributed by atoms with Crippen LogP contribution in [0.15, 0.2) is 30.3 Å². The fraction of sp³-hybridized carbons (Fsp3) is 0.650. The standard InChI is InChI=1S/C20H30N2O4S/c1-3-19(24)22-17(13-21(27(2,25)26)12-15-8-7-9-15)20(18(22)14-23)16-10-5-4-6-11-16/h4-6,10-11,15,17-18,20,23H,3,7-9,12-14H2,1-2H3/t17-,18-,20-/m1/s1. The minimum atomic E-state index is -3.36. The first-order chi connectivity index (χ1) is 12.9. The molecule has 7 heteroatoms. The molecule has 6 nitrogen and oxygen atoms in total. The average molecular weight is 395 g/mol. The number of carbonyl (C=O) groups excluding carboxylic acids is 1. The number of aliphatic hydroxyl groups excluding tert-OH is 1. The van der Waals surface area contributed by atoms with Crippen molar-refractivity contribution in [1.29, 1.82) is 0 Å². The molecule has 1 aromatic carbocycles. The maximum atomic E-state index is 12.5. The van der Waals surface area contributed by atoms with Crippen molar-refractivity contribution in [3.05, 3.63) is 35.9 Å². The van der Waals surface area contributed by atoms with Crippen LogP contribution in [-0.4, -0.2) is 66.7 Å². The molecule has 3 rings (SSSR count). The number of amides is 1. The summed E-state index contributed by atoms with van der Waals surface area (Å²) in [4.78, 5) is 14.2. The summed E-state index contributed by atoms with van der Waals surface area (Å²) >= 11 is 0. The van der Waals surface area contributed by atoms with Crippen LogP contribution in [0.1, 0.15) is 44.1 Å². The first kappa shape index (κ1) is 20.3. The van der Waals surface area contributed by atoms with E-state index in [1.54, 1.807) is 16.1 Å². The SMILES string of the molecule is CCC(=O)N1[C@H](CO)[C@H](c2ccccc2)[C@H]1CN(CC1CCC1)S(C)(=O)=O. The fourth-order valence-corrected chi connectivity index (χ4v) is 5.24. The van der Waals surface area contributed by atoms with Gasteiger partial charge in [0.15, 0.2) is 0 Å². The molecule has 1 aromatic rings. The Morgan fingerprint density at radius 3 is 2.33 bits per heavy atom. The van der Waals surface area contributed by atoms with Gasteiger partial charge in [0.05, 0.1) is 24.9 Å². The molecule has 1 saturated carbocycles. The molecule has 1 saturated heterocycles. The van der Waals surface area contributed by atoms with Gasteiger partial charge in [0.2, 0.25) is 15.9 Å². The summed E-state index contributed by atoms with van der Waals surface area (Å²) in [6, 6.07) is 9.25. The molecule has 0 spiro atoms. The lowest BCUT2D eigenvalue weighted by atomic mass is 9.74. The smallest absolute Gasteiger partial charge is 0.222 e. The molecule has 0 bridgehead atoms. The van der Waals surface area contributed by atoms with Gasteiger partial charge in [-0.15, -0.1) is 0 Å². The van der Waals surface area contributed by atoms with Crippen LogP contribution in [0.25, 0.3) is 0 Å². The zero-order chi connectivity index (χ0) is 19.6. The lowest BCUT2D eigenvalue weighted by Crippen LogP contribution is -2.68. The predicted octanol–water partition coefficient (Wildman–Crippen LogP) is 1.81. The molecule has 2 fully saturated rings. The molecule has 3 atom stereocenters. The van der Waals surface area contributed by atoms with Gasteiger partial charge in [-0.05, 0) is 24.3 Å². The summed E-state index contributed by atoms with van der Waals surface area (Å²) in [6.07, 6.45) is 4.88. The van der Waals surface area contributed by atoms with E-state index in [1.807, 2.05) is 30.3 Å². The Morgan fingerprint density at radius 1 is 1.19 bits per heavy atom. The zero-order valence-corrected chi connectivity index (χ0v) is 16.9. The quantitative estimate of drug-likeness (QED) is 0.729. The number of hydrogen-bond acceptors (Lipinski definition) is 4. The fourth-order valence-electron chi connectivity index (χ4n) is 4.34. The number of benzene rings is 1. The number of nitrogens with zero attached hydrogens (tertiary/aromatic N) is 2. The van der Waals surface area contributed by atoms with Gasteiger partial charge in [0.1, 0.15) is 0 Å². The van der Waals surface area contributed by atoms with Gasteiger partial charge in [0.25, 0.3) is 0 Å². The maximum Gasteiger partial charge on any atom is 0.222 e. The first-order valence-corrected chi connectivity index (χ1v) is 11.6. The largest absolute Gasteiger partial charge is 0.394 e. The highest BCUT2D eigenvalue weighted by molar-refractivity contribution is 7.88. The summed E-state index contributed by atoms with van der Waals surface area (Å²) in [5, 5.41) is 9.91. The molecule has 2 aliphatic rings. The van der Waals surface area contributed by atoms with E-state index < -0.39 is 10.0 Å². The van der Waals surface area contributed by atoms with Crippen molar-refractivity contribution in [2.24, 2.45) is 5.92 Å². The van der Waals surface area contributed by atoms with E-state index in [-0.39, 0.29) is 37.1 Å². The third kappa shape index (κ3) is 4.20. The first-order valence-electron chi connectivity index (χ1n) is 9.78. The summed E-state index contributed by atoms with van der Waals surface area (Å²) < 4.78 is 26.3. The highest BCUT2D eigenvalue weighted by Crippen LogP contribution is 2.42. The topological polar surface area (TPSA) is 77.9 Å². The Morgan fingerprint density at radius 2 is 1.85 bits per heavy atom. The second-order valence-electron chi connectivity index (χ2n) is 7.79. The van der Waals surface area contributed by atoms with Gasteiger partial charge in [-0.3, -0.25) is 4.79 Å². The Hall–Kier alpha value is -1.44. The molecule has 1 amide bonds. The van der Waals surface area contributed by atoms with Gasteiger partial charge >= 0.3 is 0 Å². The van der Waals surface area contributed by atoms with Gasteiger partial charge < -0.3 is 10.0 Å². The van der Waals surface area contributed by atoms with Crippen LogP contribution in [0.4, 0.5) is 0 Å². The van der Waals surface area contributed by atoms with Crippen molar-refractivity contribution >= 4 is 15.9 Å². The highest BCUT2D eigenvalue weighted by Gasteiger charge is 2.51. The molecule has 0 aromatic heterocycles. The van der Waals surface area contributed by atoms with Crippen LogP contribution in [0.2, 0.25) is 0 Å². The van der Waals surface area contributed by atoms with Crippen LogP contribution in [0, 0.1) is 5.92 Å². The second-order valence-corrected chi connectivity index (χ2v) is 9.77. The van der Waals surface area contributed by atoms with Crippen molar-refractivity contribution in [3.63, 3.8) is 0 Å². The van der Waals surface area contributed by atoms with Crippen LogP contribution < -0.4 is 0 Å². The minimum Gasteiger partial charge on any atom is -0.394 e. The normalized spacial score (nSPS) is 25.9. The summed E-state index contributed by atoms with van der Waals surface area (Å²) in [5.41, 5.74) is 1.04. The molecule has 0 unspecified atom stereocenters. The van der Waals surface area contributed by atoms with Crippen LogP contribution in [0.3, 0.4) is 0 Å². The van der Waals surface area contributed by atoms with Crippen LogP contribution in [0.5, 0.6) is 0 Å². The van der Waals surface area contributed by atoms with Crippen molar-refractivity contribution in [1.82, 2.24) is 9.21 Å². The van der Waals surface area contributed by atoms with E-state index in [9.17, 15) is 18.3 Å². The van der Waals surface area contributed by atoms with Crippen molar-refractivity contribution in [2.75, 3.05) is 26.0 Å². The summed E-state index contributed by atoms with van der Waals surface area (Å²) in [5.74, 6) is 0.319. The number of aliphatic hydroxyl groups is 1. The Bertz CT molecular complexity index is 749. The minimum absolute atomic E-state index is 0.0386. The molecule has 0 radical (unpaired) electrons. The average Bonchev–Trinajstić information content (AvgIpc) is 2.58. The summed E-state index contributed by atoms with van der Waals surface area (Å²) in [7, 11) is -3.36. The van der Waals surface area contributed by atoms with E-state index in [0.717, 1.165) is 24.8 Å². The number of hydrogen-bond donors (Lipinski definition) is 1. The highest BCUT2D eigenvalue weighted by atomic mass is 32.2. The number of likely N-dealkylation sites (tertiary alicyclic amines) is 1. The number of sulfonamides is 1. The van der Waals surface area contributed by atoms with Crippen LogP contribution >= 0.6 is 0 Å². The maximum absolute atomic E-state index is 12.5. The van der Waals surface area contributed by atoms with Crippen molar-refractivity contribution in [3.8, 4) is 0 Å². The van der Waals surface area contributed by atoms with Gasteiger partial charge in [-0.25, -0.2) is 8.42 Å². The predicted molar refractivity (Wildman–Crippen MR) is 105 cm³/mol. The molecule has 1 heterocycles. The molecular weight excluding hydrogens is 364 g/mol. The Balaban J connectivity index is 1.87. The molecule has 1 N–H and O–H groups in total. The van der Waals surface area contributed by atoms with E-state index in [4.69, 9.17) is 0 Å². The summed E-state index contributed by atoms with van der Waals surface area (Å²) in [6.45, 7) is 2.49. The van der Waals surface area contributed by atoms with Gasteiger partial charge in [-0.1, -0.05) is 43.7 Å². The van der Waals surface area contributed by atoms with E-state index in [0.29, 0.717) is 18.9 Å². The zero-order valence-electron chi connectivity index (χ0n) is 16.1. The Kier molecular flexibility index (Phi) is 6.23. The molecular formula is C20H30N2O4S. The van der Waals surface area contributed by atoms with E-state index in [2.05, 4.69) is 0 Å². The third-order valence-corrected chi connectivity index (χ3v) is 7.29. The van der Waals surface area contributed by atoms with Gasteiger partial charge in [-0.2, -0.15) is 4.31 Å². The number of rotatable bonds is 8. The molecule has 1 aliphatic carbocycles. The van der Waals surface area contributed by atoms with Crippen molar-refractivity contribution < 1.29 is 18.3 Å². The monoisotopic (exact) mass is 394 g/mol.